The van der Waals surface area contributed by atoms with Gasteiger partial charge in [0.25, 0.3) is 0 Å². The van der Waals surface area contributed by atoms with Gasteiger partial charge in [0.2, 0.25) is 5.91 Å². The van der Waals surface area contributed by atoms with Crippen molar-refractivity contribution in [3.63, 3.8) is 0 Å². The topological polar surface area (TPSA) is 55.4 Å². The third kappa shape index (κ3) is 4.09. The summed E-state index contributed by atoms with van der Waals surface area (Å²) < 4.78 is 5.13. The van der Waals surface area contributed by atoms with E-state index >= 15 is 0 Å². The molecular formula is C17H16ClNO3. The molecule has 114 valence electrons. The first-order valence-electron chi connectivity index (χ1n) is 6.73. The number of rotatable bonds is 5. The third-order valence-electron chi connectivity index (χ3n) is 3.15. The van der Waals surface area contributed by atoms with Gasteiger partial charge in [0, 0.05) is 5.56 Å². The highest BCUT2D eigenvalue weighted by Gasteiger charge is 2.10. The van der Waals surface area contributed by atoms with Crippen LogP contribution in [0.25, 0.3) is 0 Å². The minimum Gasteiger partial charge on any atom is -0.497 e. The SMILES string of the molecule is COc1cccc(CC(=O)Nc2cc(C(C)=O)ccc2Cl)c1. The molecule has 0 heterocycles. The van der Waals surface area contributed by atoms with Crippen LogP contribution in [0.5, 0.6) is 5.75 Å². The summed E-state index contributed by atoms with van der Waals surface area (Å²) in [6, 6.07) is 12.1. The Morgan fingerprint density at radius 1 is 1.18 bits per heavy atom. The molecule has 0 radical (unpaired) electrons. The molecule has 2 aromatic carbocycles. The summed E-state index contributed by atoms with van der Waals surface area (Å²) in [5, 5.41) is 3.12. The normalized spacial score (nSPS) is 10.1. The highest BCUT2D eigenvalue weighted by Crippen LogP contribution is 2.23. The van der Waals surface area contributed by atoms with Crippen molar-refractivity contribution >= 4 is 29.0 Å². The first-order valence-corrected chi connectivity index (χ1v) is 7.10. The zero-order valence-electron chi connectivity index (χ0n) is 12.4. The van der Waals surface area contributed by atoms with Crippen LogP contribution in [-0.4, -0.2) is 18.8 Å². The number of hydrogen-bond acceptors (Lipinski definition) is 3. The molecule has 0 aliphatic rings. The molecule has 0 unspecified atom stereocenters. The maximum atomic E-state index is 12.1. The molecule has 2 rings (SSSR count). The average Bonchev–Trinajstić information content (AvgIpc) is 2.49. The molecular weight excluding hydrogens is 302 g/mol. The smallest absolute Gasteiger partial charge is 0.228 e. The minimum absolute atomic E-state index is 0.0834. The van der Waals surface area contributed by atoms with Crippen molar-refractivity contribution in [1.82, 2.24) is 0 Å². The Kier molecular flexibility index (Phi) is 5.17. The van der Waals surface area contributed by atoms with E-state index < -0.39 is 0 Å². The van der Waals surface area contributed by atoms with Crippen LogP contribution in [0, 0.1) is 0 Å². The zero-order valence-corrected chi connectivity index (χ0v) is 13.1. The summed E-state index contributed by atoms with van der Waals surface area (Å²) in [5.41, 5.74) is 1.76. The number of methoxy groups -OCH3 is 1. The van der Waals surface area contributed by atoms with E-state index in [-0.39, 0.29) is 18.1 Å². The second-order valence-corrected chi connectivity index (χ2v) is 5.23. The fraction of sp³-hybridized carbons (Fsp3) is 0.176. The first kappa shape index (κ1) is 16.0. The fourth-order valence-corrected chi connectivity index (χ4v) is 2.17. The molecule has 0 spiro atoms. The monoisotopic (exact) mass is 317 g/mol. The summed E-state index contributed by atoms with van der Waals surface area (Å²) in [4.78, 5) is 23.5. The number of benzene rings is 2. The number of ether oxygens (including phenoxy) is 1. The van der Waals surface area contributed by atoms with E-state index in [1.54, 1.807) is 31.4 Å². The second kappa shape index (κ2) is 7.09. The number of amides is 1. The molecule has 0 aliphatic heterocycles. The Morgan fingerprint density at radius 3 is 2.64 bits per heavy atom. The number of hydrogen-bond donors (Lipinski definition) is 1. The van der Waals surface area contributed by atoms with Crippen LogP contribution in [0.2, 0.25) is 5.02 Å². The van der Waals surface area contributed by atoms with Crippen molar-refractivity contribution in [2.24, 2.45) is 0 Å². The third-order valence-corrected chi connectivity index (χ3v) is 3.48. The number of Topliss-reactive ketones (excluding diaryl/α,β-unsaturated/α-hetero) is 1. The Hall–Kier alpha value is -2.33. The van der Waals surface area contributed by atoms with Crippen LogP contribution in [0.3, 0.4) is 0 Å². The molecule has 2 aromatic rings. The van der Waals surface area contributed by atoms with Crippen LogP contribution in [0.1, 0.15) is 22.8 Å². The van der Waals surface area contributed by atoms with Gasteiger partial charge in [-0.2, -0.15) is 0 Å². The van der Waals surface area contributed by atoms with E-state index in [1.807, 2.05) is 18.2 Å². The lowest BCUT2D eigenvalue weighted by atomic mass is 10.1. The van der Waals surface area contributed by atoms with E-state index in [4.69, 9.17) is 16.3 Å². The quantitative estimate of drug-likeness (QED) is 0.855. The van der Waals surface area contributed by atoms with Crippen LogP contribution >= 0.6 is 11.6 Å². The predicted octanol–water partition coefficient (Wildman–Crippen LogP) is 3.73. The van der Waals surface area contributed by atoms with Crippen LogP contribution in [0.15, 0.2) is 42.5 Å². The van der Waals surface area contributed by atoms with Gasteiger partial charge < -0.3 is 10.1 Å². The Morgan fingerprint density at radius 2 is 1.95 bits per heavy atom. The molecule has 4 nitrogen and oxygen atoms in total. The maximum absolute atomic E-state index is 12.1. The Balaban J connectivity index is 2.11. The lowest BCUT2D eigenvalue weighted by molar-refractivity contribution is -0.115. The van der Waals surface area contributed by atoms with E-state index in [1.165, 1.54) is 6.92 Å². The van der Waals surface area contributed by atoms with E-state index in [0.29, 0.717) is 22.0 Å². The minimum atomic E-state index is -0.212. The standard InChI is InChI=1S/C17H16ClNO3/c1-11(20)13-6-7-15(18)16(10-13)19-17(21)9-12-4-3-5-14(8-12)22-2/h3-8,10H,9H2,1-2H3,(H,19,21). The Bertz CT molecular complexity index is 713. The van der Waals surface area contributed by atoms with Gasteiger partial charge in [-0.3, -0.25) is 9.59 Å². The number of nitrogens with one attached hydrogen (secondary N) is 1. The number of halogens is 1. The summed E-state index contributed by atoms with van der Waals surface area (Å²) in [6.07, 6.45) is 0.192. The van der Waals surface area contributed by atoms with E-state index in [9.17, 15) is 9.59 Å². The molecule has 0 fully saturated rings. The van der Waals surface area contributed by atoms with E-state index in [0.717, 1.165) is 5.56 Å². The van der Waals surface area contributed by atoms with Gasteiger partial charge in [0.15, 0.2) is 5.78 Å². The fourth-order valence-electron chi connectivity index (χ4n) is 2.00. The first-order chi connectivity index (χ1) is 10.5. The largest absolute Gasteiger partial charge is 0.497 e. The van der Waals surface area contributed by atoms with Crippen molar-refractivity contribution in [3.05, 3.63) is 58.6 Å². The second-order valence-electron chi connectivity index (χ2n) is 4.83. The van der Waals surface area contributed by atoms with Gasteiger partial charge in [0.1, 0.15) is 5.75 Å². The average molecular weight is 318 g/mol. The zero-order chi connectivity index (χ0) is 16.1. The van der Waals surface area contributed by atoms with Crippen molar-refractivity contribution < 1.29 is 14.3 Å². The van der Waals surface area contributed by atoms with Crippen LogP contribution in [-0.2, 0) is 11.2 Å². The van der Waals surface area contributed by atoms with Gasteiger partial charge in [-0.1, -0.05) is 23.7 Å². The highest BCUT2D eigenvalue weighted by atomic mass is 35.5. The highest BCUT2D eigenvalue weighted by molar-refractivity contribution is 6.33. The molecule has 5 heteroatoms. The number of carbonyl (C=O) groups excluding carboxylic acids is 2. The van der Waals surface area contributed by atoms with E-state index in [2.05, 4.69) is 5.32 Å². The molecule has 0 saturated carbocycles. The van der Waals surface area contributed by atoms with Gasteiger partial charge in [-0.25, -0.2) is 0 Å². The number of anilines is 1. The Labute approximate surface area is 134 Å². The lowest BCUT2D eigenvalue weighted by Crippen LogP contribution is -2.15. The molecule has 0 atom stereocenters. The van der Waals surface area contributed by atoms with Crippen molar-refractivity contribution in [2.75, 3.05) is 12.4 Å². The summed E-state index contributed by atoms with van der Waals surface area (Å²) in [5.74, 6) is 0.401. The summed E-state index contributed by atoms with van der Waals surface area (Å²) in [6.45, 7) is 1.46. The molecule has 0 aromatic heterocycles. The maximum Gasteiger partial charge on any atom is 0.228 e. The number of carbonyl (C=O) groups is 2. The molecule has 0 aliphatic carbocycles. The van der Waals surface area contributed by atoms with Gasteiger partial charge in [0.05, 0.1) is 24.2 Å². The summed E-state index contributed by atoms with van der Waals surface area (Å²) >= 11 is 6.05. The number of ketones is 1. The molecule has 0 bridgehead atoms. The molecule has 0 saturated heterocycles. The predicted molar refractivity (Wildman–Crippen MR) is 86.8 cm³/mol. The van der Waals surface area contributed by atoms with Crippen LogP contribution in [0.4, 0.5) is 5.69 Å². The van der Waals surface area contributed by atoms with Crippen molar-refractivity contribution in [1.29, 1.82) is 0 Å². The lowest BCUT2D eigenvalue weighted by Gasteiger charge is -2.09. The van der Waals surface area contributed by atoms with Crippen molar-refractivity contribution in [2.45, 2.75) is 13.3 Å². The van der Waals surface area contributed by atoms with Gasteiger partial charge in [-0.15, -0.1) is 0 Å². The van der Waals surface area contributed by atoms with Gasteiger partial charge >= 0.3 is 0 Å². The molecule has 22 heavy (non-hydrogen) atoms. The summed E-state index contributed by atoms with van der Waals surface area (Å²) in [7, 11) is 1.58. The van der Waals surface area contributed by atoms with Gasteiger partial charge in [-0.05, 0) is 42.8 Å². The molecule has 1 N–H and O–H groups in total. The van der Waals surface area contributed by atoms with Crippen LogP contribution < -0.4 is 10.1 Å². The molecule has 1 amide bonds. The van der Waals surface area contributed by atoms with Crippen molar-refractivity contribution in [3.8, 4) is 5.75 Å².